The molecule has 3 saturated heterocycles. The summed E-state index contributed by atoms with van der Waals surface area (Å²) in [6, 6.07) is 0. The molecule has 0 radical (unpaired) electrons. The van der Waals surface area contributed by atoms with E-state index in [-0.39, 0.29) is 51.4 Å². The van der Waals surface area contributed by atoms with Gasteiger partial charge in [0.1, 0.15) is 42.7 Å². The predicted octanol–water partition coefficient (Wildman–Crippen LogP) is 1.78. The molecule has 5 aliphatic carbocycles. The van der Waals surface area contributed by atoms with E-state index in [0.29, 0.717) is 19.4 Å². The van der Waals surface area contributed by atoms with Gasteiger partial charge in [-0.25, -0.2) is 0 Å². The molecule has 0 unspecified atom stereocenters. The molecule has 1 spiro atoms. The van der Waals surface area contributed by atoms with Crippen molar-refractivity contribution in [2.75, 3.05) is 19.8 Å². The lowest BCUT2D eigenvalue weighted by Gasteiger charge is -2.73. The molecule has 13 nitrogen and oxygen atoms in total. The van der Waals surface area contributed by atoms with Gasteiger partial charge in [-0.3, -0.25) is 0 Å². The lowest BCUT2D eigenvalue weighted by atomic mass is 9.32. The van der Waals surface area contributed by atoms with Gasteiger partial charge in [0.2, 0.25) is 0 Å². The van der Waals surface area contributed by atoms with Crippen LogP contribution in [-0.2, 0) is 23.7 Å². The summed E-state index contributed by atoms with van der Waals surface area (Å²) in [4.78, 5) is 0. The second-order valence-corrected chi connectivity index (χ2v) is 21.0. The molecule has 0 aromatic carbocycles. The van der Waals surface area contributed by atoms with Gasteiger partial charge in [-0.1, -0.05) is 53.7 Å². The van der Waals surface area contributed by atoms with Crippen molar-refractivity contribution >= 4 is 0 Å². The normalized spacial score (nSPS) is 59.7. The molecule has 3 heterocycles. The third kappa shape index (κ3) is 5.44. The van der Waals surface area contributed by atoms with E-state index in [1.807, 2.05) is 6.92 Å². The highest BCUT2D eigenvalue weighted by Gasteiger charge is 2.79. The molecule has 0 aromatic rings. The molecule has 314 valence electrons. The third-order valence-electron chi connectivity index (χ3n) is 17.9. The van der Waals surface area contributed by atoms with Crippen LogP contribution in [0.2, 0.25) is 0 Å². The van der Waals surface area contributed by atoms with Gasteiger partial charge < -0.3 is 64.5 Å². The van der Waals surface area contributed by atoms with E-state index in [1.54, 1.807) is 0 Å². The molecule has 13 heteroatoms. The van der Waals surface area contributed by atoms with Gasteiger partial charge in [-0.15, -0.1) is 0 Å². The lowest BCUT2D eigenvalue weighted by Crippen LogP contribution is -2.72. The number of ether oxygens (including phenoxy) is 5. The van der Waals surface area contributed by atoms with Crippen molar-refractivity contribution < 1.29 is 64.5 Å². The zero-order chi connectivity index (χ0) is 39.9. The molecule has 0 amide bonds. The molecular weight excluding hydrogens is 712 g/mol. The second-order valence-electron chi connectivity index (χ2n) is 21.0. The maximum Gasteiger partial charge on any atom is 0.187 e. The fourth-order valence-electron chi connectivity index (χ4n) is 14.3. The predicted molar refractivity (Wildman–Crippen MR) is 197 cm³/mol. The zero-order valence-electron chi connectivity index (χ0n) is 33.7. The van der Waals surface area contributed by atoms with Crippen LogP contribution in [0.25, 0.3) is 0 Å². The maximum absolute atomic E-state index is 12.1. The van der Waals surface area contributed by atoms with Gasteiger partial charge in [0, 0.05) is 22.2 Å². The standard InChI is InChI=1S/C42H68O13/c1-21-28(46)30(48)31(49)34(52-21)55-33-29(47)22(18-43)53-35(32(33)50)54-27-10-11-37(4)23(38(27,5)19-44)8-12-39(6)24(37)9-13-42-25-16-36(2,3)14-15-41(25,20-51-42)26(45)17-40(39,42)7/h9,13,21-35,43-50H,8,10-12,14-20H2,1-7H3/t21-,22-,23-,24+,25+,26+,27+,28-,29+,30+,31-,32-,33+,34+,35+,37+,38+,39-,40-,41-,42-/m1/s1. The quantitative estimate of drug-likeness (QED) is 0.143. The molecule has 8 aliphatic rings. The van der Waals surface area contributed by atoms with Crippen molar-refractivity contribution in [3.8, 4) is 0 Å². The minimum absolute atomic E-state index is 0.0158. The topological polar surface area (TPSA) is 208 Å². The van der Waals surface area contributed by atoms with Gasteiger partial charge in [0.25, 0.3) is 0 Å². The molecule has 4 saturated carbocycles. The minimum Gasteiger partial charge on any atom is -0.396 e. The highest BCUT2D eigenvalue weighted by molar-refractivity contribution is 5.36. The summed E-state index contributed by atoms with van der Waals surface area (Å²) in [5.74, 6) is 0.401. The fourth-order valence-corrected chi connectivity index (χ4v) is 14.3. The van der Waals surface area contributed by atoms with Crippen LogP contribution in [0.1, 0.15) is 99.8 Å². The number of fused-ring (bicyclic) bond motifs is 4. The van der Waals surface area contributed by atoms with Crippen LogP contribution in [0.15, 0.2) is 12.2 Å². The molecule has 8 rings (SSSR count). The first-order chi connectivity index (χ1) is 25.7. The Bertz CT molecular complexity index is 1490. The average molecular weight is 781 g/mol. The molecule has 55 heavy (non-hydrogen) atoms. The van der Waals surface area contributed by atoms with E-state index in [0.717, 1.165) is 38.5 Å². The SMILES string of the molecule is C[C@H]1O[C@@H](O[C@H]2[C@@H](O)[C@@H](CO)O[C@@H](O[C@H]3CC[C@@]4(C)[C@@H](CC[C@]5(C)[C@H]4C=C[C@@]46OC[C@@]7(CCC(C)(C)C[C@@H]74)[C@@H](O)C[C@]56C)[C@]3(C)CO)[C@@H]2O)[C@H](O)[C@@H](O)[C@@H]1O. The lowest BCUT2D eigenvalue weighted by molar-refractivity contribution is -0.368. The van der Waals surface area contributed by atoms with E-state index in [4.69, 9.17) is 23.7 Å². The third-order valence-corrected chi connectivity index (χ3v) is 17.9. The van der Waals surface area contributed by atoms with Crippen molar-refractivity contribution in [1.82, 2.24) is 0 Å². The highest BCUT2D eigenvalue weighted by atomic mass is 16.7. The summed E-state index contributed by atoms with van der Waals surface area (Å²) in [5.41, 5.74) is -2.00. The summed E-state index contributed by atoms with van der Waals surface area (Å²) in [6.45, 7) is 15.2. The van der Waals surface area contributed by atoms with Gasteiger partial charge in [0.15, 0.2) is 12.6 Å². The average Bonchev–Trinajstić information content (AvgIpc) is 3.41. The highest BCUT2D eigenvalue weighted by Crippen LogP contribution is 2.79. The van der Waals surface area contributed by atoms with Gasteiger partial charge in [0.05, 0.1) is 43.7 Å². The first-order valence-corrected chi connectivity index (χ1v) is 20.9. The Morgan fingerprint density at radius 1 is 0.727 bits per heavy atom. The van der Waals surface area contributed by atoms with E-state index in [9.17, 15) is 40.9 Å². The Hall–Kier alpha value is -0.780. The first-order valence-electron chi connectivity index (χ1n) is 20.9. The van der Waals surface area contributed by atoms with Crippen LogP contribution >= 0.6 is 0 Å². The number of aliphatic hydroxyl groups excluding tert-OH is 8. The van der Waals surface area contributed by atoms with Crippen molar-refractivity contribution in [3.63, 3.8) is 0 Å². The van der Waals surface area contributed by atoms with Crippen molar-refractivity contribution in [2.24, 2.45) is 50.2 Å². The summed E-state index contributed by atoms with van der Waals surface area (Å²) >= 11 is 0. The Morgan fingerprint density at radius 3 is 2.13 bits per heavy atom. The first kappa shape index (κ1) is 41.0. The largest absolute Gasteiger partial charge is 0.396 e. The van der Waals surface area contributed by atoms with E-state index in [2.05, 4.69) is 46.8 Å². The molecule has 21 atom stereocenters. The number of allylic oxidation sites excluding steroid dienone is 1. The van der Waals surface area contributed by atoms with E-state index in [1.165, 1.54) is 6.92 Å². The molecular formula is C42H68O13. The maximum atomic E-state index is 12.1. The molecule has 0 aromatic heterocycles. The smallest absolute Gasteiger partial charge is 0.187 e. The summed E-state index contributed by atoms with van der Waals surface area (Å²) in [5, 5.41) is 87.5. The van der Waals surface area contributed by atoms with Gasteiger partial charge in [-0.05, 0) is 86.4 Å². The monoisotopic (exact) mass is 780 g/mol. The van der Waals surface area contributed by atoms with Gasteiger partial charge in [-0.2, -0.15) is 0 Å². The number of hydrogen-bond donors (Lipinski definition) is 8. The van der Waals surface area contributed by atoms with Gasteiger partial charge >= 0.3 is 0 Å². The van der Waals surface area contributed by atoms with E-state index >= 15 is 0 Å². The summed E-state index contributed by atoms with van der Waals surface area (Å²) in [7, 11) is 0. The van der Waals surface area contributed by atoms with Crippen molar-refractivity contribution in [3.05, 3.63) is 12.2 Å². The van der Waals surface area contributed by atoms with Crippen LogP contribution in [0.4, 0.5) is 0 Å². The Kier molecular flexibility index (Phi) is 9.95. The van der Waals surface area contributed by atoms with E-state index < -0.39 is 91.2 Å². The van der Waals surface area contributed by atoms with Crippen molar-refractivity contribution in [1.29, 1.82) is 0 Å². The van der Waals surface area contributed by atoms with Crippen molar-refractivity contribution in [2.45, 2.75) is 179 Å². The number of hydrogen-bond acceptors (Lipinski definition) is 13. The van der Waals surface area contributed by atoms with Crippen LogP contribution in [0, 0.1) is 50.2 Å². The Labute approximate surface area is 325 Å². The number of rotatable bonds is 6. The molecule has 3 aliphatic heterocycles. The van der Waals surface area contributed by atoms with Crippen LogP contribution < -0.4 is 0 Å². The van der Waals surface area contributed by atoms with Crippen LogP contribution in [0.3, 0.4) is 0 Å². The number of aliphatic hydroxyl groups is 8. The Morgan fingerprint density at radius 2 is 1.44 bits per heavy atom. The summed E-state index contributed by atoms with van der Waals surface area (Å²) in [6.07, 6.45) is -3.55. The fraction of sp³-hybridized carbons (Fsp3) is 0.952. The Balaban J connectivity index is 1.06. The van der Waals surface area contributed by atoms with Crippen LogP contribution in [0.5, 0.6) is 0 Å². The second kappa shape index (κ2) is 13.4. The van der Waals surface area contributed by atoms with Crippen LogP contribution in [-0.4, -0.2) is 140 Å². The zero-order valence-corrected chi connectivity index (χ0v) is 33.7. The molecule has 7 fully saturated rings. The summed E-state index contributed by atoms with van der Waals surface area (Å²) < 4.78 is 31.2. The molecule has 8 N–H and O–H groups in total. The minimum atomic E-state index is -1.67. The molecule has 2 bridgehead atoms.